The molecule has 0 bridgehead atoms. The summed E-state index contributed by atoms with van der Waals surface area (Å²) in [5.74, 6) is -0.618. The predicted molar refractivity (Wildman–Crippen MR) is 105 cm³/mol. The average Bonchev–Trinajstić information content (AvgIpc) is 2.61. The number of aromatic carboxylic acids is 1. The van der Waals surface area contributed by atoms with Crippen molar-refractivity contribution in [3.05, 3.63) is 35.4 Å². The summed E-state index contributed by atoms with van der Waals surface area (Å²) >= 11 is 0. The number of carbonyl (C=O) groups excluding carboxylic acids is 1. The Hall–Kier alpha value is -1.68. The molecule has 1 aromatic carbocycles. The third-order valence-electron chi connectivity index (χ3n) is 5.02. The molecule has 0 radical (unpaired) electrons. The number of benzene rings is 1. The summed E-state index contributed by atoms with van der Waals surface area (Å²) in [6.45, 7) is 3.81. The van der Waals surface area contributed by atoms with Gasteiger partial charge in [-0.25, -0.2) is 4.79 Å². The monoisotopic (exact) mass is 362 g/mol. The summed E-state index contributed by atoms with van der Waals surface area (Å²) in [7, 11) is 0. The van der Waals surface area contributed by atoms with E-state index in [1.807, 2.05) is 12.1 Å². The molecule has 0 aromatic heterocycles. The minimum atomic E-state index is -0.912. The van der Waals surface area contributed by atoms with Gasteiger partial charge in [-0.15, -0.1) is 0 Å². The summed E-state index contributed by atoms with van der Waals surface area (Å²) in [4.78, 5) is 22.7. The molecule has 0 spiro atoms. The molecular formula is C22H34O4. The van der Waals surface area contributed by atoms with Gasteiger partial charge < -0.3 is 10.2 Å². The lowest BCUT2D eigenvalue weighted by molar-refractivity contribution is -0.121. The Labute approximate surface area is 157 Å². The molecule has 0 heterocycles. The molecule has 0 aliphatic rings. The van der Waals surface area contributed by atoms with Crippen molar-refractivity contribution in [2.75, 3.05) is 0 Å². The van der Waals surface area contributed by atoms with Crippen LogP contribution in [0, 0.1) is 5.92 Å². The second-order valence-electron chi connectivity index (χ2n) is 7.28. The second-order valence-corrected chi connectivity index (χ2v) is 7.28. The lowest BCUT2D eigenvalue weighted by atomic mass is 9.90. The number of carbonyl (C=O) groups is 2. The molecule has 146 valence electrons. The Balaban J connectivity index is 2.30. The van der Waals surface area contributed by atoms with E-state index in [2.05, 4.69) is 6.92 Å². The molecule has 26 heavy (non-hydrogen) atoms. The number of Topliss-reactive ketones (excluding diaryl/α,β-unsaturated/α-hetero) is 1. The van der Waals surface area contributed by atoms with E-state index in [0.29, 0.717) is 5.56 Å². The van der Waals surface area contributed by atoms with Gasteiger partial charge in [-0.05, 0) is 63.1 Å². The van der Waals surface area contributed by atoms with Crippen LogP contribution < -0.4 is 0 Å². The Kier molecular flexibility index (Phi) is 10.9. The van der Waals surface area contributed by atoms with E-state index in [9.17, 15) is 14.7 Å². The Morgan fingerprint density at radius 2 is 1.54 bits per heavy atom. The summed E-state index contributed by atoms with van der Waals surface area (Å²) in [6, 6.07) is 6.94. The first-order valence-corrected chi connectivity index (χ1v) is 9.94. The van der Waals surface area contributed by atoms with Gasteiger partial charge in [-0.1, -0.05) is 44.7 Å². The molecule has 2 N–H and O–H groups in total. The molecule has 0 amide bonds. The van der Waals surface area contributed by atoms with E-state index in [1.165, 1.54) is 6.42 Å². The number of ketones is 1. The minimum absolute atomic E-state index is 0.0659. The molecule has 1 aromatic rings. The lowest BCUT2D eigenvalue weighted by Gasteiger charge is -2.15. The van der Waals surface area contributed by atoms with E-state index in [0.717, 1.165) is 63.4 Å². The maximum absolute atomic E-state index is 11.9. The summed E-state index contributed by atoms with van der Waals surface area (Å²) < 4.78 is 0. The van der Waals surface area contributed by atoms with Crippen molar-refractivity contribution in [3.63, 3.8) is 0 Å². The highest BCUT2D eigenvalue weighted by molar-refractivity contribution is 5.87. The van der Waals surface area contributed by atoms with Gasteiger partial charge in [0.25, 0.3) is 0 Å². The van der Waals surface area contributed by atoms with Crippen molar-refractivity contribution in [1.82, 2.24) is 0 Å². The second kappa shape index (κ2) is 12.6. The Bertz CT molecular complexity index is 536. The normalized spacial score (nSPS) is 13.3. The third kappa shape index (κ3) is 9.14. The van der Waals surface area contributed by atoms with E-state index >= 15 is 0 Å². The molecule has 1 rings (SSSR count). The number of aliphatic hydroxyl groups is 1. The zero-order valence-electron chi connectivity index (χ0n) is 16.2. The van der Waals surface area contributed by atoms with Gasteiger partial charge in [0.05, 0.1) is 11.7 Å². The van der Waals surface area contributed by atoms with E-state index < -0.39 is 5.97 Å². The number of hydrogen-bond donors (Lipinski definition) is 2. The van der Waals surface area contributed by atoms with Crippen LogP contribution in [0.4, 0.5) is 0 Å². The number of carboxylic acid groups (broad SMARTS) is 1. The minimum Gasteiger partial charge on any atom is -0.478 e. The van der Waals surface area contributed by atoms with Crippen LogP contribution in [0.5, 0.6) is 0 Å². The molecule has 0 fully saturated rings. The van der Waals surface area contributed by atoms with Crippen LogP contribution in [0.1, 0.15) is 87.6 Å². The fourth-order valence-corrected chi connectivity index (χ4v) is 3.29. The van der Waals surface area contributed by atoms with Crippen LogP contribution in [0.2, 0.25) is 0 Å². The maximum atomic E-state index is 11.9. The average molecular weight is 363 g/mol. The van der Waals surface area contributed by atoms with Crippen LogP contribution in [0.25, 0.3) is 0 Å². The molecule has 0 unspecified atom stereocenters. The number of aryl methyl sites for hydroxylation is 1. The fraction of sp³-hybridized carbons (Fsp3) is 0.636. The number of unbranched alkanes of at least 4 members (excludes halogenated alkanes) is 2. The molecule has 0 saturated carbocycles. The lowest BCUT2D eigenvalue weighted by Crippen LogP contribution is -2.13. The zero-order chi connectivity index (χ0) is 19.4. The van der Waals surface area contributed by atoms with Gasteiger partial charge in [-0.2, -0.15) is 0 Å². The molecular weight excluding hydrogens is 328 g/mol. The van der Waals surface area contributed by atoms with Gasteiger partial charge in [0.1, 0.15) is 5.78 Å². The molecule has 0 saturated heterocycles. The molecule has 0 aliphatic carbocycles. The third-order valence-corrected chi connectivity index (χ3v) is 5.02. The van der Waals surface area contributed by atoms with Gasteiger partial charge in [0, 0.05) is 5.92 Å². The van der Waals surface area contributed by atoms with Gasteiger partial charge in [0.15, 0.2) is 0 Å². The standard InChI is InChI=1S/C22H34O4/c1-3-4-5-11-21(24)12-7-10-19(17(2)23)9-6-8-18-13-15-20(16-14-18)22(25)26/h13-16,19,21,24H,3-12H2,1-2H3,(H,25,26)/t19-,21+/m0/s1. The number of aliphatic hydroxyl groups excluding tert-OH is 1. The van der Waals surface area contributed by atoms with E-state index in [-0.39, 0.29) is 17.8 Å². The van der Waals surface area contributed by atoms with Crippen molar-refractivity contribution in [1.29, 1.82) is 0 Å². The van der Waals surface area contributed by atoms with E-state index in [4.69, 9.17) is 5.11 Å². The van der Waals surface area contributed by atoms with Crippen LogP contribution in [0.15, 0.2) is 24.3 Å². The quantitative estimate of drug-likeness (QED) is 0.455. The van der Waals surface area contributed by atoms with Crippen molar-refractivity contribution in [2.45, 2.75) is 84.2 Å². The first-order valence-electron chi connectivity index (χ1n) is 9.94. The fourth-order valence-electron chi connectivity index (χ4n) is 3.29. The zero-order valence-corrected chi connectivity index (χ0v) is 16.2. The molecule has 4 nitrogen and oxygen atoms in total. The van der Waals surface area contributed by atoms with Gasteiger partial charge >= 0.3 is 5.97 Å². The topological polar surface area (TPSA) is 74.6 Å². The first-order chi connectivity index (χ1) is 12.4. The van der Waals surface area contributed by atoms with Crippen molar-refractivity contribution in [3.8, 4) is 0 Å². The van der Waals surface area contributed by atoms with Crippen LogP contribution in [-0.4, -0.2) is 28.1 Å². The van der Waals surface area contributed by atoms with Crippen LogP contribution in [0.3, 0.4) is 0 Å². The highest BCUT2D eigenvalue weighted by Gasteiger charge is 2.15. The summed E-state index contributed by atoms with van der Waals surface area (Å²) in [6.07, 6.45) is 9.17. The van der Waals surface area contributed by atoms with E-state index in [1.54, 1.807) is 19.1 Å². The molecule has 0 aliphatic heterocycles. The van der Waals surface area contributed by atoms with Crippen molar-refractivity contribution < 1.29 is 19.8 Å². The molecule has 2 atom stereocenters. The smallest absolute Gasteiger partial charge is 0.335 e. The number of rotatable bonds is 14. The van der Waals surface area contributed by atoms with Gasteiger partial charge in [-0.3, -0.25) is 4.79 Å². The van der Waals surface area contributed by atoms with Crippen molar-refractivity contribution >= 4 is 11.8 Å². The SMILES string of the molecule is CCCCC[C@@H](O)CCC[C@H](CCCc1ccc(C(=O)O)cc1)C(C)=O. The molecule has 4 heteroatoms. The van der Waals surface area contributed by atoms with Crippen molar-refractivity contribution in [2.24, 2.45) is 5.92 Å². The number of hydrogen-bond acceptors (Lipinski definition) is 3. The first kappa shape index (κ1) is 22.4. The van der Waals surface area contributed by atoms with Gasteiger partial charge in [0.2, 0.25) is 0 Å². The van der Waals surface area contributed by atoms with Crippen LogP contribution in [-0.2, 0) is 11.2 Å². The predicted octanol–water partition coefficient (Wildman–Crippen LogP) is 5.02. The Morgan fingerprint density at radius 1 is 0.923 bits per heavy atom. The highest BCUT2D eigenvalue weighted by atomic mass is 16.4. The largest absolute Gasteiger partial charge is 0.478 e. The maximum Gasteiger partial charge on any atom is 0.335 e. The summed E-state index contributed by atoms with van der Waals surface area (Å²) in [5, 5.41) is 18.9. The summed E-state index contributed by atoms with van der Waals surface area (Å²) in [5.41, 5.74) is 1.40. The highest BCUT2D eigenvalue weighted by Crippen LogP contribution is 2.20. The van der Waals surface area contributed by atoms with Crippen LogP contribution >= 0.6 is 0 Å². The number of carboxylic acids is 1. The Morgan fingerprint density at radius 3 is 2.12 bits per heavy atom.